The molecule has 17 heavy (non-hydrogen) atoms. The fourth-order valence-corrected chi connectivity index (χ4v) is 1.22. The van der Waals surface area contributed by atoms with Crippen molar-refractivity contribution in [1.29, 1.82) is 0 Å². The number of terminal acetylenes is 1. The van der Waals surface area contributed by atoms with Crippen LogP contribution in [-0.4, -0.2) is 28.0 Å². The number of aromatic carboxylic acids is 1. The van der Waals surface area contributed by atoms with Crippen LogP contribution in [0.2, 0.25) is 0 Å². The zero-order chi connectivity index (χ0) is 12.8. The standard InChI is InChI=1S/C12H12N2O3/c1-3-4-8(2)14-11(15)9-5-6-13-10(7-9)12(16)17/h1,5-8H,4H2,2H3,(H,14,15)(H,16,17). The number of carbonyl (C=O) groups excluding carboxylic acids is 1. The van der Waals surface area contributed by atoms with Crippen LogP contribution in [-0.2, 0) is 0 Å². The highest BCUT2D eigenvalue weighted by molar-refractivity contribution is 5.96. The molecule has 0 radical (unpaired) electrons. The Hall–Kier alpha value is -2.35. The number of carboxylic acids is 1. The zero-order valence-corrected chi connectivity index (χ0v) is 9.30. The molecule has 0 spiro atoms. The number of carboxylic acid groups (broad SMARTS) is 1. The highest BCUT2D eigenvalue weighted by Crippen LogP contribution is 2.03. The normalized spacial score (nSPS) is 11.3. The molecule has 0 aliphatic carbocycles. The van der Waals surface area contributed by atoms with E-state index in [1.54, 1.807) is 6.92 Å². The van der Waals surface area contributed by atoms with Gasteiger partial charge in [-0.3, -0.25) is 4.79 Å². The number of pyridine rings is 1. The molecule has 1 aromatic heterocycles. The Kier molecular flexibility index (Phi) is 4.23. The van der Waals surface area contributed by atoms with Gasteiger partial charge >= 0.3 is 5.97 Å². The maximum absolute atomic E-state index is 11.7. The van der Waals surface area contributed by atoms with Crippen LogP contribution in [0.3, 0.4) is 0 Å². The molecule has 88 valence electrons. The molecule has 0 fully saturated rings. The summed E-state index contributed by atoms with van der Waals surface area (Å²) in [7, 11) is 0. The Balaban J connectivity index is 2.79. The van der Waals surface area contributed by atoms with Crippen LogP contribution >= 0.6 is 0 Å². The van der Waals surface area contributed by atoms with Gasteiger partial charge in [0, 0.05) is 24.2 Å². The lowest BCUT2D eigenvalue weighted by atomic mass is 10.2. The van der Waals surface area contributed by atoms with Crippen LogP contribution in [0.15, 0.2) is 18.3 Å². The van der Waals surface area contributed by atoms with E-state index in [1.807, 2.05) is 0 Å². The largest absolute Gasteiger partial charge is 0.477 e. The van der Waals surface area contributed by atoms with Gasteiger partial charge in [0.05, 0.1) is 0 Å². The smallest absolute Gasteiger partial charge is 0.354 e. The fourth-order valence-electron chi connectivity index (χ4n) is 1.22. The molecule has 1 heterocycles. The van der Waals surface area contributed by atoms with E-state index < -0.39 is 5.97 Å². The summed E-state index contributed by atoms with van der Waals surface area (Å²) in [5.41, 5.74) is 0.0866. The predicted octanol–water partition coefficient (Wildman–Crippen LogP) is 0.921. The molecule has 1 aromatic rings. The molecule has 0 aliphatic heterocycles. The molecule has 0 aliphatic rings. The lowest BCUT2D eigenvalue weighted by Crippen LogP contribution is -2.32. The summed E-state index contributed by atoms with van der Waals surface area (Å²) in [5, 5.41) is 11.4. The van der Waals surface area contributed by atoms with E-state index in [0.717, 1.165) is 0 Å². The second-order valence-corrected chi connectivity index (χ2v) is 3.52. The number of hydrogen-bond donors (Lipinski definition) is 2. The van der Waals surface area contributed by atoms with Crippen molar-refractivity contribution in [2.75, 3.05) is 0 Å². The van der Waals surface area contributed by atoms with E-state index in [9.17, 15) is 9.59 Å². The van der Waals surface area contributed by atoms with E-state index in [0.29, 0.717) is 6.42 Å². The third-order valence-corrected chi connectivity index (χ3v) is 2.04. The summed E-state index contributed by atoms with van der Waals surface area (Å²) in [6.07, 6.45) is 6.82. The maximum atomic E-state index is 11.7. The number of carbonyl (C=O) groups is 2. The molecule has 5 heteroatoms. The quantitative estimate of drug-likeness (QED) is 0.756. The van der Waals surface area contributed by atoms with E-state index >= 15 is 0 Å². The van der Waals surface area contributed by atoms with Crippen LogP contribution in [0.4, 0.5) is 0 Å². The Labute approximate surface area is 98.9 Å². The van der Waals surface area contributed by atoms with Gasteiger partial charge in [-0.15, -0.1) is 12.3 Å². The number of nitrogens with zero attached hydrogens (tertiary/aromatic N) is 1. The number of amides is 1. The predicted molar refractivity (Wildman–Crippen MR) is 61.6 cm³/mol. The lowest BCUT2D eigenvalue weighted by molar-refractivity contribution is 0.0690. The molecule has 0 bridgehead atoms. The topological polar surface area (TPSA) is 79.3 Å². The summed E-state index contributed by atoms with van der Waals surface area (Å²) in [5.74, 6) is 0.899. The van der Waals surface area contributed by atoms with Gasteiger partial charge in [0.2, 0.25) is 0 Å². The number of hydrogen-bond acceptors (Lipinski definition) is 3. The molecule has 0 saturated carbocycles. The van der Waals surface area contributed by atoms with Gasteiger partial charge in [0.1, 0.15) is 5.69 Å². The van der Waals surface area contributed by atoms with Gasteiger partial charge in [-0.2, -0.15) is 0 Å². The highest BCUT2D eigenvalue weighted by Gasteiger charge is 2.12. The van der Waals surface area contributed by atoms with Crippen LogP contribution in [0, 0.1) is 12.3 Å². The first kappa shape index (κ1) is 12.7. The van der Waals surface area contributed by atoms with Crippen molar-refractivity contribution in [2.24, 2.45) is 0 Å². The van der Waals surface area contributed by atoms with Crippen LogP contribution in [0.25, 0.3) is 0 Å². The molecule has 0 aromatic carbocycles. The average Bonchev–Trinajstić information content (AvgIpc) is 2.29. The molecule has 1 rings (SSSR count). The van der Waals surface area contributed by atoms with E-state index in [2.05, 4.69) is 16.2 Å². The van der Waals surface area contributed by atoms with Crippen molar-refractivity contribution in [3.05, 3.63) is 29.6 Å². The second-order valence-electron chi connectivity index (χ2n) is 3.52. The average molecular weight is 232 g/mol. The minimum absolute atomic E-state index is 0.158. The monoisotopic (exact) mass is 232 g/mol. The van der Waals surface area contributed by atoms with Gasteiger partial charge in [-0.05, 0) is 19.1 Å². The number of aromatic nitrogens is 1. The van der Waals surface area contributed by atoms with Gasteiger partial charge in [0.15, 0.2) is 0 Å². The number of rotatable bonds is 4. The summed E-state index contributed by atoms with van der Waals surface area (Å²) in [4.78, 5) is 26.0. The number of nitrogens with one attached hydrogen (secondary N) is 1. The van der Waals surface area contributed by atoms with Crippen LogP contribution in [0.5, 0.6) is 0 Å². The van der Waals surface area contributed by atoms with E-state index in [-0.39, 0.29) is 23.2 Å². The third kappa shape index (κ3) is 3.61. The molecular weight excluding hydrogens is 220 g/mol. The minimum Gasteiger partial charge on any atom is -0.477 e. The van der Waals surface area contributed by atoms with E-state index in [1.165, 1.54) is 18.3 Å². The maximum Gasteiger partial charge on any atom is 0.354 e. The van der Waals surface area contributed by atoms with Gasteiger partial charge in [-0.1, -0.05) is 0 Å². The first-order valence-corrected chi connectivity index (χ1v) is 4.98. The van der Waals surface area contributed by atoms with Crippen LogP contribution < -0.4 is 5.32 Å². The molecule has 1 unspecified atom stereocenters. The Morgan fingerprint density at radius 2 is 2.35 bits per heavy atom. The Bertz CT molecular complexity index is 477. The van der Waals surface area contributed by atoms with Gasteiger partial charge < -0.3 is 10.4 Å². The van der Waals surface area contributed by atoms with Crippen molar-refractivity contribution in [3.63, 3.8) is 0 Å². The molecular formula is C12H12N2O3. The van der Waals surface area contributed by atoms with Crippen molar-refractivity contribution < 1.29 is 14.7 Å². The molecule has 5 nitrogen and oxygen atoms in total. The molecule has 2 N–H and O–H groups in total. The minimum atomic E-state index is -1.17. The zero-order valence-electron chi connectivity index (χ0n) is 9.30. The van der Waals surface area contributed by atoms with Gasteiger partial charge in [0.25, 0.3) is 5.91 Å². The SMILES string of the molecule is C#CCC(C)NC(=O)c1ccnc(C(=O)O)c1. The van der Waals surface area contributed by atoms with Gasteiger partial charge in [-0.25, -0.2) is 9.78 Å². The van der Waals surface area contributed by atoms with Crippen molar-refractivity contribution >= 4 is 11.9 Å². The highest BCUT2D eigenvalue weighted by atomic mass is 16.4. The molecule has 1 amide bonds. The summed E-state index contributed by atoms with van der Waals surface area (Å²) in [6, 6.07) is 2.51. The summed E-state index contributed by atoms with van der Waals surface area (Å²) >= 11 is 0. The summed E-state index contributed by atoms with van der Waals surface area (Å²) < 4.78 is 0. The fraction of sp³-hybridized carbons (Fsp3) is 0.250. The molecule has 1 atom stereocenters. The van der Waals surface area contributed by atoms with Crippen molar-refractivity contribution in [2.45, 2.75) is 19.4 Å². The molecule has 0 saturated heterocycles. The Morgan fingerprint density at radius 3 is 2.94 bits per heavy atom. The van der Waals surface area contributed by atoms with Crippen LogP contribution in [0.1, 0.15) is 34.2 Å². The second kappa shape index (κ2) is 5.66. The third-order valence-electron chi connectivity index (χ3n) is 2.04. The first-order valence-electron chi connectivity index (χ1n) is 4.98. The van der Waals surface area contributed by atoms with Crippen molar-refractivity contribution in [1.82, 2.24) is 10.3 Å². The lowest BCUT2D eigenvalue weighted by Gasteiger charge is -2.10. The summed E-state index contributed by atoms with van der Waals surface area (Å²) in [6.45, 7) is 1.77. The van der Waals surface area contributed by atoms with E-state index in [4.69, 9.17) is 11.5 Å². The van der Waals surface area contributed by atoms with Crippen molar-refractivity contribution in [3.8, 4) is 12.3 Å². The first-order chi connectivity index (χ1) is 8.04. The Morgan fingerprint density at radius 1 is 1.65 bits per heavy atom.